The van der Waals surface area contributed by atoms with E-state index in [-0.39, 0.29) is 11.6 Å². The molecule has 2 unspecified atom stereocenters. The molecular formula is C18H27N3. The maximum atomic E-state index is 6.66. The topological polar surface area (TPSA) is 42.1 Å². The molecule has 0 saturated carbocycles. The van der Waals surface area contributed by atoms with Crippen LogP contribution in [0.5, 0.6) is 0 Å². The van der Waals surface area contributed by atoms with Gasteiger partial charge in [0.1, 0.15) is 0 Å². The summed E-state index contributed by atoms with van der Waals surface area (Å²) in [4.78, 5) is 6.91. The second-order valence-corrected chi connectivity index (χ2v) is 5.82. The highest BCUT2D eigenvalue weighted by molar-refractivity contribution is 5.79. The molecule has 3 nitrogen and oxygen atoms in total. The van der Waals surface area contributed by atoms with Crippen molar-refractivity contribution in [3.8, 4) is 0 Å². The van der Waals surface area contributed by atoms with E-state index in [4.69, 9.17) is 5.73 Å². The molecule has 1 heterocycles. The van der Waals surface area contributed by atoms with Gasteiger partial charge in [-0.1, -0.05) is 39.0 Å². The normalized spacial score (nSPS) is 16.1. The van der Waals surface area contributed by atoms with Gasteiger partial charge in [0.05, 0.1) is 5.52 Å². The quantitative estimate of drug-likeness (QED) is 0.879. The first-order valence-electron chi connectivity index (χ1n) is 7.92. The van der Waals surface area contributed by atoms with Crippen LogP contribution in [0.1, 0.15) is 45.7 Å². The Morgan fingerprint density at radius 2 is 1.90 bits per heavy atom. The zero-order valence-electron chi connectivity index (χ0n) is 13.6. The maximum absolute atomic E-state index is 6.66. The number of aromatic nitrogens is 1. The first-order chi connectivity index (χ1) is 10.1. The number of rotatable bonds is 6. The van der Waals surface area contributed by atoms with E-state index in [1.807, 2.05) is 12.3 Å². The lowest BCUT2D eigenvalue weighted by Crippen LogP contribution is -2.52. The average Bonchev–Trinajstić information content (AvgIpc) is 2.54. The average molecular weight is 285 g/mol. The Bertz CT molecular complexity index is 592. The Balaban J connectivity index is 2.41. The molecule has 114 valence electrons. The van der Waals surface area contributed by atoms with Gasteiger partial charge in [0.2, 0.25) is 0 Å². The molecule has 2 aromatic rings. The summed E-state index contributed by atoms with van der Waals surface area (Å²) < 4.78 is 0. The van der Waals surface area contributed by atoms with E-state index >= 15 is 0 Å². The van der Waals surface area contributed by atoms with Crippen LogP contribution >= 0.6 is 0 Å². The van der Waals surface area contributed by atoms with Gasteiger partial charge >= 0.3 is 0 Å². The number of nitrogens with zero attached hydrogens (tertiary/aromatic N) is 2. The van der Waals surface area contributed by atoms with Crippen LogP contribution in [0.3, 0.4) is 0 Å². The van der Waals surface area contributed by atoms with Gasteiger partial charge in [0, 0.05) is 23.2 Å². The summed E-state index contributed by atoms with van der Waals surface area (Å²) in [6, 6.07) is 10.4. The number of likely N-dealkylation sites (N-methyl/N-ethyl adjacent to an activating group) is 1. The third-order valence-electron chi connectivity index (χ3n) is 4.86. The van der Waals surface area contributed by atoms with Crippen LogP contribution in [0.15, 0.2) is 36.5 Å². The molecule has 0 radical (unpaired) electrons. The van der Waals surface area contributed by atoms with Crippen LogP contribution in [0, 0.1) is 0 Å². The van der Waals surface area contributed by atoms with Gasteiger partial charge in [0.25, 0.3) is 0 Å². The Morgan fingerprint density at radius 1 is 1.19 bits per heavy atom. The van der Waals surface area contributed by atoms with Crippen molar-refractivity contribution < 1.29 is 0 Å². The number of hydrogen-bond acceptors (Lipinski definition) is 3. The van der Waals surface area contributed by atoms with E-state index in [2.05, 4.69) is 61.8 Å². The Morgan fingerprint density at radius 3 is 2.52 bits per heavy atom. The number of nitrogens with two attached hydrogens (primary N) is 1. The van der Waals surface area contributed by atoms with Gasteiger partial charge in [-0.25, -0.2) is 0 Å². The lowest BCUT2D eigenvalue weighted by Gasteiger charge is -2.44. The molecular weight excluding hydrogens is 258 g/mol. The summed E-state index contributed by atoms with van der Waals surface area (Å²) in [5.41, 5.74) is 8.80. The first-order valence-corrected chi connectivity index (χ1v) is 7.92. The van der Waals surface area contributed by atoms with Gasteiger partial charge in [-0.3, -0.25) is 9.88 Å². The number of hydrogen-bond donors (Lipinski definition) is 1. The number of fused-ring (bicyclic) bond motifs is 1. The van der Waals surface area contributed by atoms with Crippen molar-refractivity contribution in [2.75, 3.05) is 13.1 Å². The number of pyridine rings is 1. The fraction of sp³-hybridized carbons (Fsp3) is 0.500. The third-order valence-corrected chi connectivity index (χ3v) is 4.86. The Labute approximate surface area is 128 Å². The molecule has 3 heteroatoms. The maximum Gasteiger partial charge on any atom is 0.0705 e. The standard InChI is InChI=1S/C18H27N3/c1-5-18(4,21(6-2)7-3)17(19)15-11-10-14-9-8-12-20-16(14)13-15/h8-13,17H,5-7,19H2,1-4H3. The highest BCUT2D eigenvalue weighted by Gasteiger charge is 2.35. The van der Waals surface area contributed by atoms with Crippen molar-refractivity contribution >= 4 is 10.9 Å². The minimum Gasteiger partial charge on any atom is -0.322 e. The highest BCUT2D eigenvalue weighted by Crippen LogP contribution is 2.33. The van der Waals surface area contributed by atoms with Crippen LogP contribution in [0.4, 0.5) is 0 Å². The molecule has 2 rings (SSSR count). The zero-order chi connectivity index (χ0) is 15.5. The molecule has 0 aliphatic rings. The summed E-state index contributed by atoms with van der Waals surface area (Å²) in [7, 11) is 0. The van der Waals surface area contributed by atoms with E-state index in [1.54, 1.807) is 0 Å². The highest BCUT2D eigenvalue weighted by atomic mass is 15.2. The van der Waals surface area contributed by atoms with Crippen molar-refractivity contribution in [2.24, 2.45) is 5.73 Å². The van der Waals surface area contributed by atoms with E-state index in [0.717, 1.165) is 36.0 Å². The molecule has 1 aromatic heterocycles. The third kappa shape index (κ3) is 2.94. The van der Waals surface area contributed by atoms with E-state index in [0.29, 0.717) is 0 Å². The van der Waals surface area contributed by atoms with Crippen molar-refractivity contribution in [1.29, 1.82) is 0 Å². The molecule has 0 saturated heterocycles. The molecule has 2 atom stereocenters. The lowest BCUT2D eigenvalue weighted by atomic mass is 9.83. The molecule has 0 amide bonds. The smallest absolute Gasteiger partial charge is 0.0705 e. The Kier molecular flexibility index (Phi) is 4.96. The second kappa shape index (κ2) is 6.54. The fourth-order valence-corrected chi connectivity index (χ4v) is 3.22. The summed E-state index contributed by atoms with van der Waals surface area (Å²) >= 11 is 0. The SMILES string of the molecule is CCN(CC)C(C)(CC)C(N)c1ccc2cccnc2c1. The van der Waals surface area contributed by atoms with Crippen LogP contribution in [0.25, 0.3) is 10.9 Å². The molecule has 21 heavy (non-hydrogen) atoms. The van der Waals surface area contributed by atoms with Gasteiger partial charge in [-0.15, -0.1) is 0 Å². The van der Waals surface area contributed by atoms with Crippen molar-refractivity contribution in [2.45, 2.75) is 45.7 Å². The minimum absolute atomic E-state index is 0.0196. The van der Waals surface area contributed by atoms with Crippen LogP contribution in [0.2, 0.25) is 0 Å². The number of benzene rings is 1. The van der Waals surface area contributed by atoms with E-state index in [1.165, 1.54) is 0 Å². The first kappa shape index (κ1) is 15.9. The summed E-state index contributed by atoms with van der Waals surface area (Å²) in [5, 5.41) is 1.16. The summed E-state index contributed by atoms with van der Waals surface area (Å²) in [6.45, 7) is 10.9. The predicted molar refractivity (Wildman–Crippen MR) is 90.3 cm³/mol. The van der Waals surface area contributed by atoms with Gasteiger partial charge in [-0.05, 0) is 44.1 Å². The molecule has 0 aliphatic carbocycles. The monoisotopic (exact) mass is 285 g/mol. The fourth-order valence-electron chi connectivity index (χ4n) is 3.22. The van der Waals surface area contributed by atoms with Crippen LogP contribution in [-0.4, -0.2) is 28.5 Å². The molecule has 1 aromatic carbocycles. The largest absolute Gasteiger partial charge is 0.322 e. The van der Waals surface area contributed by atoms with Gasteiger partial charge in [0.15, 0.2) is 0 Å². The van der Waals surface area contributed by atoms with Gasteiger partial charge < -0.3 is 5.73 Å². The van der Waals surface area contributed by atoms with E-state index in [9.17, 15) is 0 Å². The van der Waals surface area contributed by atoms with Crippen LogP contribution < -0.4 is 5.73 Å². The summed E-state index contributed by atoms with van der Waals surface area (Å²) in [6.07, 6.45) is 2.86. The van der Waals surface area contributed by atoms with Gasteiger partial charge in [-0.2, -0.15) is 0 Å². The molecule has 2 N–H and O–H groups in total. The molecule has 0 aliphatic heterocycles. The second-order valence-electron chi connectivity index (χ2n) is 5.82. The van der Waals surface area contributed by atoms with E-state index < -0.39 is 0 Å². The van der Waals surface area contributed by atoms with Crippen molar-refractivity contribution in [3.05, 3.63) is 42.1 Å². The lowest BCUT2D eigenvalue weighted by molar-refractivity contribution is 0.0845. The predicted octanol–water partition coefficient (Wildman–Crippen LogP) is 3.75. The van der Waals surface area contributed by atoms with Crippen LogP contribution in [-0.2, 0) is 0 Å². The molecule has 0 bridgehead atoms. The minimum atomic E-state index is -0.0358. The molecule has 0 fully saturated rings. The zero-order valence-corrected chi connectivity index (χ0v) is 13.6. The Hall–Kier alpha value is -1.45. The van der Waals surface area contributed by atoms with Crippen molar-refractivity contribution in [1.82, 2.24) is 9.88 Å². The molecule has 0 spiro atoms. The summed E-state index contributed by atoms with van der Waals surface area (Å²) in [5.74, 6) is 0. The van der Waals surface area contributed by atoms with Crippen molar-refractivity contribution in [3.63, 3.8) is 0 Å².